The van der Waals surface area contributed by atoms with E-state index in [1.165, 1.54) is 5.56 Å². The second-order valence-electron chi connectivity index (χ2n) is 5.07. The fourth-order valence-corrected chi connectivity index (χ4v) is 2.36. The predicted molar refractivity (Wildman–Crippen MR) is 86.2 cm³/mol. The Hall–Kier alpha value is -1.20. The summed E-state index contributed by atoms with van der Waals surface area (Å²) in [7, 11) is 0. The Morgan fingerprint density at radius 2 is 2.10 bits per heavy atom. The minimum atomic E-state index is -0.236. The molecule has 0 radical (unpaired) electrons. The van der Waals surface area contributed by atoms with Gasteiger partial charge in [-0.2, -0.15) is 11.8 Å². The van der Waals surface area contributed by atoms with Crippen LogP contribution >= 0.6 is 11.8 Å². The third-order valence-electron chi connectivity index (χ3n) is 2.71. The van der Waals surface area contributed by atoms with Crippen LogP contribution in [0.5, 0.6) is 0 Å². The Kier molecular flexibility index (Phi) is 7.47. The SMILES string of the molecule is CC(C)SCc1cccc(NC(=O)N[C@H](C)CCO)c1. The highest BCUT2D eigenvalue weighted by Gasteiger charge is 2.07. The van der Waals surface area contributed by atoms with Crippen LogP contribution in [0, 0.1) is 0 Å². The number of carbonyl (C=O) groups is 1. The van der Waals surface area contributed by atoms with Crippen LogP contribution in [0.2, 0.25) is 0 Å². The lowest BCUT2D eigenvalue weighted by atomic mass is 10.2. The van der Waals surface area contributed by atoms with Crippen molar-refractivity contribution in [3.8, 4) is 0 Å². The number of rotatable bonds is 7. The van der Waals surface area contributed by atoms with E-state index in [-0.39, 0.29) is 18.7 Å². The van der Waals surface area contributed by atoms with Crippen LogP contribution in [0.15, 0.2) is 24.3 Å². The smallest absolute Gasteiger partial charge is 0.319 e. The Morgan fingerprint density at radius 1 is 1.35 bits per heavy atom. The van der Waals surface area contributed by atoms with Crippen molar-refractivity contribution in [1.29, 1.82) is 0 Å². The number of benzene rings is 1. The van der Waals surface area contributed by atoms with E-state index in [4.69, 9.17) is 5.11 Å². The molecule has 1 rings (SSSR count). The molecular formula is C15H24N2O2S. The van der Waals surface area contributed by atoms with Crippen molar-refractivity contribution < 1.29 is 9.90 Å². The van der Waals surface area contributed by atoms with Gasteiger partial charge in [0, 0.05) is 24.1 Å². The van der Waals surface area contributed by atoms with E-state index in [0.717, 1.165) is 11.4 Å². The predicted octanol–water partition coefficient (Wildman–Crippen LogP) is 3.22. The van der Waals surface area contributed by atoms with Gasteiger partial charge in [-0.25, -0.2) is 4.79 Å². The molecule has 4 nitrogen and oxygen atoms in total. The first kappa shape index (κ1) is 16.9. The van der Waals surface area contributed by atoms with Crippen molar-refractivity contribution >= 4 is 23.5 Å². The molecule has 0 saturated heterocycles. The molecule has 2 amide bonds. The fourth-order valence-electron chi connectivity index (χ4n) is 1.66. The summed E-state index contributed by atoms with van der Waals surface area (Å²) in [6.45, 7) is 6.28. The lowest BCUT2D eigenvalue weighted by Gasteiger charge is -2.14. The van der Waals surface area contributed by atoms with Gasteiger partial charge in [0.05, 0.1) is 0 Å². The van der Waals surface area contributed by atoms with Gasteiger partial charge in [0.15, 0.2) is 0 Å². The second kappa shape index (κ2) is 8.87. The summed E-state index contributed by atoms with van der Waals surface area (Å²) in [5, 5.41) is 15.0. The molecule has 0 aromatic heterocycles. The Balaban J connectivity index is 2.50. The number of hydrogen-bond donors (Lipinski definition) is 3. The highest BCUT2D eigenvalue weighted by atomic mass is 32.2. The highest BCUT2D eigenvalue weighted by molar-refractivity contribution is 7.99. The van der Waals surface area contributed by atoms with Gasteiger partial charge in [0.2, 0.25) is 0 Å². The zero-order valence-corrected chi connectivity index (χ0v) is 13.2. The summed E-state index contributed by atoms with van der Waals surface area (Å²) in [5.74, 6) is 0.940. The molecule has 3 N–H and O–H groups in total. The third kappa shape index (κ3) is 6.82. The van der Waals surface area contributed by atoms with E-state index in [0.29, 0.717) is 11.7 Å². The van der Waals surface area contributed by atoms with Crippen molar-refractivity contribution in [1.82, 2.24) is 5.32 Å². The van der Waals surface area contributed by atoms with Crippen molar-refractivity contribution in [2.75, 3.05) is 11.9 Å². The van der Waals surface area contributed by atoms with Gasteiger partial charge in [-0.15, -0.1) is 0 Å². The standard InChI is InChI=1S/C15H24N2O2S/c1-11(2)20-10-13-5-4-6-14(9-13)17-15(19)16-12(3)7-8-18/h4-6,9,11-12,18H,7-8,10H2,1-3H3,(H2,16,17,19)/t12-/m1/s1. The summed E-state index contributed by atoms with van der Waals surface area (Å²) in [6, 6.07) is 7.60. The van der Waals surface area contributed by atoms with Crippen molar-refractivity contribution in [3.63, 3.8) is 0 Å². The number of amides is 2. The van der Waals surface area contributed by atoms with Crippen LogP contribution in [0.4, 0.5) is 10.5 Å². The number of thioether (sulfide) groups is 1. The number of urea groups is 1. The molecule has 0 aliphatic carbocycles. The molecule has 0 unspecified atom stereocenters. The van der Waals surface area contributed by atoms with Gasteiger partial charge in [-0.3, -0.25) is 0 Å². The topological polar surface area (TPSA) is 61.4 Å². The Morgan fingerprint density at radius 3 is 2.75 bits per heavy atom. The molecule has 0 fully saturated rings. The first-order valence-electron chi connectivity index (χ1n) is 6.90. The van der Waals surface area contributed by atoms with Gasteiger partial charge >= 0.3 is 6.03 Å². The molecule has 0 aliphatic rings. The molecule has 112 valence electrons. The summed E-state index contributed by atoms with van der Waals surface area (Å²) in [5.41, 5.74) is 1.99. The van der Waals surface area contributed by atoms with E-state index >= 15 is 0 Å². The lowest BCUT2D eigenvalue weighted by Crippen LogP contribution is -2.36. The minimum absolute atomic E-state index is 0.0420. The van der Waals surface area contributed by atoms with Crippen LogP contribution in [-0.2, 0) is 5.75 Å². The van der Waals surface area contributed by atoms with Crippen LogP contribution in [0.25, 0.3) is 0 Å². The molecule has 1 aromatic carbocycles. The summed E-state index contributed by atoms with van der Waals surface area (Å²) < 4.78 is 0. The van der Waals surface area contributed by atoms with E-state index in [9.17, 15) is 4.79 Å². The van der Waals surface area contributed by atoms with Crippen LogP contribution in [0.3, 0.4) is 0 Å². The summed E-state index contributed by atoms with van der Waals surface area (Å²) in [4.78, 5) is 11.8. The normalized spacial score (nSPS) is 12.2. The number of aliphatic hydroxyl groups is 1. The first-order valence-corrected chi connectivity index (χ1v) is 7.95. The molecule has 0 spiro atoms. The Labute approximate surface area is 125 Å². The largest absolute Gasteiger partial charge is 0.396 e. The maximum atomic E-state index is 11.8. The fraction of sp³-hybridized carbons (Fsp3) is 0.533. The zero-order chi connectivity index (χ0) is 15.0. The minimum Gasteiger partial charge on any atom is -0.396 e. The Bertz CT molecular complexity index is 424. The molecule has 20 heavy (non-hydrogen) atoms. The summed E-state index contributed by atoms with van der Waals surface area (Å²) in [6.07, 6.45) is 0.554. The van der Waals surface area contributed by atoms with E-state index in [1.807, 2.05) is 36.9 Å². The van der Waals surface area contributed by atoms with Gasteiger partial charge in [-0.1, -0.05) is 26.0 Å². The summed E-state index contributed by atoms with van der Waals surface area (Å²) >= 11 is 1.87. The number of aliphatic hydroxyl groups excluding tert-OH is 1. The molecule has 5 heteroatoms. The molecule has 0 bridgehead atoms. The van der Waals surface area contributed by atoms with Gasteiger partial charge in [-0.05, 0) is 36.3 Å². The third-order valence-corrected chi connectivity index (χ3v) is 3.87. The van der Waals surface area contributed by atoms with Crippen LogP contribution in [0.1, 0.15) is 32.8 Å². The van der Waals surface area contributed by atoms with Crippen LogP contribution < -0.4 is 10.6 Å². The average Bonchev–Trinajstić information content (AvgIpc) is 2.36. The van der Waals surface area contributed by atoms with Crippen molar-refractivity contribution in [2.45, 2.75) is 44.2 Å². The van der Waals surface area contributed by atoms with E-state index < -0.39 is 0 Å². The number of nitrogens with one attached hydrogen (secondary N) is 2. The van der Waals surface area contributed by atoms with Crippen molar-refractivity contribution in [2.24, 2.45) is 0 Å². The van der Waals surface area contributed by atoms with E-state index in [1.54, 1.807) is 0 Å². The maximum Gasteiger partial charge on any atom is 0.319 e. The number of hydrogen-bond acceptors (Lipinski definition) is 3. The monoisotopic (exact) mass is 296 g/mol. The van der Waals surface area contributed by atoms with Crippen molar-refractivity contribution in [3.05, 3.63) is 29.8 Å². The maximum absolute atomic E-state index is 11.8. The van der Waals surface area contributed by atoms with Gasteiger partial charge in [0.25, 0.3) is 0 Å². The van der Waals surface area contributed by atoms with Gasteiger partial charge < -0.3 is 15.7 Å². The first-order chi connectivity index (χ1) is 9.51. The molecular weight excluding hydrogens is 272 g/mol. The van der Waals surface area contributed by atoms with E-state index in [2.05, 4.69) is 30.5 Å². The quantitative estimate of drug-likeness (QED) is 0.724. The highest BCUT2D eigenvalue weighted by Crippen LogP contribution is 2.19. The molecule has 0 heterocycles. The molecule has 0 saturated carbocycles. The second-order valence-corrected chi connectivity index (χ2v) is 6.64. The molecule has 0 aliphatic heterocycles. The average molecular weight is 296 g/mol. The lowest BCUT2D eigenvalue weighted by molar-refractivity contribution is 0.241. The van der Waals surface area contributed by atoms with Crippen LogP contribution in [-0.4, -0.2) is 29.0 Å². The molecule has 1 atom stereocenters. The number of carbonyl (C=O) groups excluding carboxylic acids is 1. The molecule has 1 aromatic rings. The van der Waals surface area contributed by atoms with Gasteiger partial charge in [0.1, 0.15) is 0 Å². The zero-order valence-electron chi connectivity index (χ0n) is 12.3. The number of anilines is 1.